The molecule has 0 unspecified atom stereocenters. The van der Waals surface area contributed by atoms with Gasteiger partial charge in [0, 0.05) is 18.1 Å². The average Bonchev–Trinajstić information content (AvgIpc) is 2.75. The molecule has 0 aliphatic heterocycles. The van der Waals surface area contributed by atoms with E-state index in [2.05, 4.69) is 10.6 Å². The minimum Gasteiger partial charge on any atom is -0.487 e. The van der Waals surface area contributed by atoms with Gasteiger partial charge in [0.15, 0.2) is 0 Å². The monoisotopic (exact) mass is 270 g/mol. The van der Waals surface area contributed by atoms with E-state index >= 15 is 0 Å². The standard InChI is InChI=1S/C16H15FN2O/c1-19-14(8-11-2-5-13(18)9-16(11)19)10-20-15-6-3-12(17)4-7-15/h2-9H,10,18H2,1H3. The Morgan fingerprint density at radius 1 is 1.10 bits per heavy atom. The molecule has 0 bridgehead atoms. The SMILES string of the molecule is Cn1c(COc2ccc(F)cc2)cc2ccc(N)cc21. The maximum absolute atomic E-state index is 12.8. The summed E-state index contributed by atoms with van der Waals surface area (Å²) in [6.07, 6.45) is 0. The number of rotatable bonds is 3. The third-order valence-electron chi connectivity index (χ3n) is 3.37. The lowest BCUT2D eigenvalue weighted by Crippen LogP contribution is -2.01. The molecule has 3 aromatic rings. The first-order valence-electron chi connectivity index (χ1n) is 6.36. The number of aromatic nitrogens is 1. The normalized spacial score (nSPS) is 10.9. The smallest absolute Gasteiger partial charge is 0.128 e. The van der Waals surface area contributed by atoms with Crippen molar-refractivity contribution in [2.75, 3.05) is 5.73 Å². The van der Waals surface area contributed by atoms with Crippen LogP contribution in [0.2, 0.25) is 0 Å². The minimum absolute atomic E-state index is 0.266. The van der Waals surface area contributed by atoms with Crippen molar-refractivity contribution in [3.63, 3.8) is 0 Å². The molecular formula is C16H15FN2O. The van der Waals surface area contributed by atoms with Crippen LogP contribution in [0.3, 0.4) is 0 Å². The number of anilines is 1. The van der Waals surface area contributed by atoms with Crippen LogP contribution in [-0.4, -0.2) is 4.57 Å². The molecule has 3 rings (SSSR count). The molecule has 2 aromatic carbocycles. The lowest BCUT2D eigenvalue weighted by atomic mass is 10.2. The fraction of sp³-hybridized carbons (Fsp3) is 0.125. The van der Waals surface area contributed by atoms with Gasteiger partial charge in [0.25, 0.3) is 0 Å². The molecular weight excluding hydrogens is 255 g/mol. The number of hydrogen-bond donors (Lipinski definition) is 1. The molecule has 0 atom stereocenters. The van der Waals surface area contributed by atoms with E-state index < -0.39 is 0 Å². The first kappa shape index (κ1) is 12.5. The fourth-order valence-electron chi connectivity index (χ4n) is 2.23. The van der Waals surface area contributed by atoms with E-state index in [4.69, 9.17) is 10.5 Å². The summed E-state index contributed by atoms with van der Waals surface area (Å²) in [6, 6.07) is 13.9. The third-order valence-corrected chi connectivity index (χ3v) is 3.37. The summed E-state index contributed by atoms with van der Waals surface area (Å²) in [4.78, 5) is 0. The summed E-state index contributed by atoms with van der Waals surface area (Å²) in [6.45, 7) is 0.427. The molecule has 0 radical (unpaired) electrons. The van der Waals surface area contributed by atoms with Crippen LogP contribution in [0.25, 0.3) is 10.9 Å². The van der Waals surface area contributed by atoms with Crippen LogP contribution in [0.4, 0.5) is 10.1 Å². The highest BCUT2D eigenvalue weighted by atomic mass is 19.1. The molecule has 4 heteroatoms. The third kappa shape index (κ3) is 2.32. The first-order valence-corrected chi connectivity index (χ1v) is 6.36. The molecule has 0 saturated heterocycles. The number of nitrogens with two attached hydrogens (primary N) is 1. The number of nitrogen functional groups attached to an aromatic ring is 1. The molecule has 0 aliphatic carbocycles. The highest BCUT2D eigenvalue weighted by Crippen LogP contribution is 2.22. The van der Waals surface area contributed by atoms with Gasteiger partial charge in [-0.15, -0.1) is 0 Å². The lowest BCUT2D eigenvalue weighted by molar-refractivity contribution is 0.297. The largest absolute Gasteiger partial charge is 0.487 e. The molecule has 0 aliphatic rings. The molecule has 1 aromatic heterocycles. The van der Waals surface area contributed by atoms with Crippen LogP contribution in [0.5, 0.6) is 5.75 Å². The van der Waals surface area contributed by atoms with Crippen LogP contribution >= 0.6 is 0 Å². The van der Waals surface area contributed by atoms with E-state index in [0.717, 1.165) is 22.3 Å². The van der Waals surface area contributed by atoms with Crippen molar-refractivity contribution < 1.29 is 9.13 Å². The van der Waals surface area contributed by atoms with Gasteiger partial charge in [-0.05, 0) is 42.5 Å². The maximum Gasteiger partial charge on any atom is 0.128 e. The topological polar surface area (TPSA) is 40.2 Å². The van der Waals surface area contributed by atoms with Crippen molar-refractivity contribution in [2.24, 2.45) is 7.05 Å². The zero-order chi connectivity index (χ0) is 14.1. The summed E-state index contributed by atoms with van der Waals surface area (Å²) in [5.41, 5.74) is 8.65. The van der Waals surface area contributed by atoms with Crippen molar-refractivity contribution in [2.45, 2.75) is 6.61 Å². The predicted molar refractivity (Wildman–Crippen MR) is 78.1 cm³/mol. The summed E-state index contributed by atoms with van der Waals surface area (Å²) in [5.74, 6) is 0.383. The Morgan fingerprint density at radius 3 is 2.60 bits per heavy atom. The zero-order valence-electron chi connectivity index (χ0n) is 11.1. The van der Waals surface area contributed by atoms with Gasteiger partial charge >= 0.3 is 0 Å². The summed E-state index contributed by atoms with van der Waals surface area (Å²) >= 11 is 0. The van der Waals surface area contributed by atoms with E-state index in [9.17, 15) is 4.39 Å². The van der Waals surface area contributed by atoms with Crippen LogP contribution in [0, 0.1) is 5.82 Å². The van der Waals surface area contributed by atoms with Crippen LogP contribution in [0.15, 0.2) is 48.5 Å². The molecule has 1 heterocycles. The number of fused-ring (bicyclic) bond motifs is 1. The van der Waals surface area contributed by atoms with Gasteiger partial charge in [-0.25, -0.2) is 4.39 Å². The summed E-state index contributed by atoms with van der Waals surface area (Å²) < 4.78 is 20.5. The van der Waals surface area contributed by atoms with Crippen molar-refractivity contribution >= 4 is 16.6 Å². The van der Waals surface area contributed by atoms with Crippen molar-refractivity contribution in [1.29, 1.82) is 0 Å². The van der Waals surface area contributed by atoms with E-state index in [1.165, 1.54) is 12.1 Å². The van der Waals surface area contributed by atoms with Gasteiger partial charge in [0.1, 0.15) is 18.2 Å². The molecule has 0 spiro atoms. The Kier molecular flexibility index (Phi) is 3.06. The Balaban J connectivity index is 1.84. The van der Waals surface area contributed by atoms with Gasteiger partial charge in [0.05, 0.1) is 11.2 Å². The van der Waals surface area contributed by atoms with Gasteiger partial charge < -0.3 is 15.0 Å². The van der Waals surface area contributed by atoms with Crippen molar-refractivity contribution in [3.05, 3.63) is 60.0 Å². The number of nitrogens with zero attached hydrogens (tertiary/aromatic N) is 1. The van der Waals surface area contributed by atoms with Gasteiger partial charge in [0.2, 0.25) is 0 Å². The molecule has 0 amide bonds. The van der Waals surface area contributed by atoms with E-state index in [0.29, 0.717) is 12.4 Å². The van der Waals surface area contributed by atoms with Crippen LogP contribution in [-0.2, 0) is 13.7 Å². The summed E-state index contributed by atoms with van der Waals surface area (Å²) in [5, 5.41) is 1.12. The van der Waals surface area contributed by atoms with E-state index in [1.54, 1.807) is 12.1 Å². The highest BCUT2D eigenvalue weighted by molar-refractivity contribution is 5.84. The summed E-state index contributed by atoms with van der Waals surface area (Å²) in [7, 11) is 1.98. The average molecular weight is 270 g/mol. The Hall–Kier alpha value is -2.49. The Morgan fingerprint density at radius 2 is 1.85 bits per heavy atom. The molecule has 2 N–H and O–H groups in total. The van der Waals surface area contributed by atoms with Crippen molar-refractivity contribution in [3.8, 4) is 5.75 Å². The highest BCUT2D eigenvalue weighted by Gasteiger charge is 2.06. The number of benzene rings is 2. The molecule has 0 saturated carbocycles. The number of aryl methyl sites for hydroxylation is 1. The molecule has 102 valence electrons. The van der Waals surface area contributed by atoms with E-state index in [-0.39, 0.29) is 5.82 Å². The van der Waals surface area contributed by atoms with Crippen molar-refractivity contribution in [1.82, 2.24) is 4.57 Å². The zero-order valence-corrected chi connectivity index (χ0v) is 11.1. The second kappa shape index (κ2) is 4.89. The van der Waals surface area contributed by atoms with Crippen LogP contribution < -0.4 is 10.5 Å². The fourth-order valence-corrected chi connectivity index (χ4v) is 2.23. The quantitative estimate of drug-likeness (QED) is 0.740. The predicted octanol–water partition coefficient (Wildman–Crippen LogP) is 3.48. The first-order chi connectivity index (χ1) is 9.63. The minimum atomic E-state index is -0.266. The second-order valence-corrected chi connectivity index (χ2v) is 4.76. The van der Waals surface area contributed by atoms with E-state index in [1.807, 2.05) is 25.2 Å². The Labute approximate surface area is 116 Å². The van der Waals surface area contributed by atoms with Gasteiger partial charge in [-0.1, -0.05) is 6.07 Å². The number of halogens is 1. The van der Waals surface area contributed by atoms with Crippen LogP contribution in [0.1, 0.15) is 5.69 Å². The molecule has 0 fully saturated rings. The van der Waals surface area contributed by atoms with Gasteiger partial charge in [-0.2, -0.15) is 0 Å². The lowest BCUT2D eigenvalue weighted by Gasteiger charge is -2.07. The van der Waals surface area contributed by atoms with Gasteiger partial charge in [-0.3, -0.25) is 0 Å². The second-order valence-electron chi connectivity index (χ2n) is 4.76. The molecule has 3 nitrogen and oxygen atoms in total. The molecule has 20 heavy (non-hydrogen) atoms. The number of hydrogen-bond acceptors (Lipinski definition) is 2. The maximum atomic E-state index is 12.8. The number of ether oxygens (including phenoxy) is 1. The Bertz CT molecular complexity index is 747.